The molecule has 2 aromatic carbocycles. The van der Waals surface area contributed by atoms with Crippen LogP contribution in [0, 0.1) is 6.92 Å². The Labute approximate surface area is 195 Å². The Morgan fingerprint density at radius 1 is 1.03 bits per heavy atom. The van der Waals surface area contributed by atoms with Gasteiger partial charge in [0.05, 0.1) is 5.52 Å². The molecule has 2 saturated heterocycles. The van der Waals surface area contributed by atoms with Crippen molar-refractivity contribution in [3.63, 3.8) is 0 Å². The molecule has 3 heterocycles. The highest BCUT2D eigenvalue weighted by atomic mass is 35.5. The van der Waals surface area contributed by atoms with Crippen molar-refractivity contribution in [2.45, 2.75) is 44.8 Å². The Kier molecular flexibility index (Phi) is 6.97. The third-order valence-electron chi connectivity index (χ3n) is 6.29. The van der Waals surface area contributed by atoms with Gasteiger partial charge in [-0.25, -0.2) is 0 Å². The second-order valence-corrected chi connectivity index (χ2v) is 8.59. The summed E-state index contributed by atoms with van der Waals surface area (Å²) in [6.45, 7) is 4.29. The minimum atomic E-state index is -0.224. The number of likely N-dealkylation sites (tertiary alicyclic amines) is 1. The number of pyridine rings is 1. The van der Waals surface area contributed by atoms with Crippen LogP contribution in [-0.4, -0.2) is 47.7 Å². The van der Waals surface area contributed by atoms with Gasteiger partial charge in [0.2, 0.25) is 0 Å². The van der Waals surface area contributed by atoms with Crippen molar-refractivity contribution in [1.82, 2.24) is 9.88 Å². The standard InChI is InChI=1S/C26H28N2O3.ClH/c1-18-4-9-24-20(15-18)16-21(17-27-24)19-5-7-22(8-6-19)31-23-10-12-28(13-11-23)26(29)25-3-2-14-30-25;/h4-9,15-17,23,25H,2-3,10-14H2,1H3;1H/t25-;/m1./s1. The fourth-order valence-corrected chi connectivity index (χ4v) is 4.50. The summed E-state index contributed by atoms with van der Waals surface area (Å²) in [6.07, 6.45) is 5.40. The molecule has 0 unspecified atom stereocenters. The zero-order valence-corrected chi connectivity index (χ0v) is 19.1. The smallest absolute Gasteiger partial charge is 0.251 e. The molecular formula is C26H29ClN2O3. The monoisotopic (exact) mass is 452 g/mol. The fraction of sp³-hybridized carbons (Fsp3) is 0.385. The van der Waals surface area contributed by atoms with Gasteiger partial charge in [0, 0.05) is 49.7 Å². The number of carbonyl (C=O) groups excluding carboxylic acids is 1. The number of aromatic nitrogens is 1. The Morgan fingerprint density at radius 3 is 2.53 bits per heavy atom. The predicted molar refractivity (Wildman–Crippen MR) is 128 cm³/mol. The Hall–Kier alpha value is -2.63. The summed E-state index contributed by atoms with van der Waals surface area (Å²) in [5, 5.41) is 1.15. The Bertz CT molecular complexity index is 1070. The normalized spacial score (nSPS) is 19.0. The van der Waals surface area contributed by atoms with Crippen molar-refractivity contribution in [3.8, 4) is 16.9 Å². The van der Waals surface area contributed by atoms with E-state index in [1.54, 1.807) is 0 Å². The van der Waals surface area contributed by atoms with Crippen molar-refractivity contribution in [3.05, 3.63) is 60.3 Å². The molecule has 2 aliphatic heterocycles. The third kappa shape index (κ3) is 4.89. The number of hydrogen-bond donors (Lipinski definition) is 0. The molecule has 0 N–H and O–H groups in total. The Balaban J connectivity index is 0.00000245. The fourth-order valence-electron chi connectivity index (χ4n) is 4.50. The van der Waals surface area contributed by atoms with Crippen LogP contribution in [0.2, 0.25) is 0 Å². The number of piperidine rings is 1. The average molecular weight is 453 g/mol. The van der Waals surface area contributed by atoms with Gasteiger partial charge in [0.1, 0.15) is 18.0 Å². The van der Waals surface area contributed by atoms with E-state index in [-0.39, 0.29) is 30.5 Å². The molecule has 1 atom stereocenters. The minimum Gasteiger partial charge on any atom is -0.490 e. The molecule has 2 aliphatic rings. The molecule has 0 saturated carbocycles. The van der Waals surface area contributed by atoms with E-state index in [0.717, 1.165) is 66.6 Å². The average Bonchev–Trinajstić information content (AvgIpc) is 3.34. The van der Waals surface area contributed by atoms with Crippen LogP contribution in [0.1, 0.15) is 31.2 Å². The van der Waals surface area contributed by atoms with Gasteiger partial charge < -0.3 is 14.4 Å². The highest BCUT2D eigenvalue weighted by Crippen LogP contribution is 2.27. The molecule has 32 heavy (non-hydrogen) atoms. The van der Waals surface area contributed by atoms with E-state index >= 15 is 0 Å². The number of benzene rings is 2. The molecule has 5 nitrogen and oxygen atoms in total. The van der Waals surface area contributed by atoms with Crippen LogP contribution in [0.15, 0.2) is 54.7 Å². The number of amides is 1. The van der Waals surface area contributed by atoms with E-state index in [0.29, 0.717) is 6.61 Å². The first-order valence-corrected chi connectivity index (χ1v) is 11.2. The maximum atomic E-state index is 12.5. The van der Waals surface area contributed by atoms with E-state index in [2.05, 4.69) is 48.3 Å². The third-order valence-corrected chi connectivity index (χ3v) is 6.29. The van der Waals surface area contributed by atoms with E-state index in [1.165, 1.54) is 5.56 Å². The van der Waals surface area contributed by atoms with E-state index in [4.69, 9.17) is 9.47 Å². The summed E-state index contributed by atoms with van der Waals surface area (Å²) in [7, 11) is 0. The molecule has 3 aromatic rings. The van der Waals surface area contributed by atoms with Crippen LogP contribution >= 0.6 is 12.4 Å². The number of aryl methyl sites for hydroxylation is 1. The van der Waals surface area contributed by atoms with Gasteiger partial charge in [0.25, 0.3) is 5.91 Å². The SMILES string of the molecule is Cc1ccc2ncc(-c3ccc(OC4CCN(C(=O)[C@H]5CCCO5)CC4)cc3)cc2c1.Cl. The summed E-state index contributed by atoms with van der Waals surface area (Å²) in [5.74, 6) is 1.02. The van der Waals surface area contributed by atoms with Gasteiger partial charge in [-0.1, -0.05) is 23.8 Å². The largest absolute Gasteiger partial charge is 0.490 e. The summed E-state index contributed by atoms with van der Waals surface area (Å²) in [5.41, 5.74) is 4.48. The second-order valence-electron chi connectivity index (χ2n) is 8.59. The van der Waals surface area contributed by atoms with Crippen LogP contribution in [0.25, 0.3) is 22.0 Å². The maximum Gasteiger partial charge on any atom is 0.251 e. The first-order chi connectivity index (χ1) is 15.2. The molecular weight excluding hydrogens is 424 g/mol. The van der Waals surface area contributed by atoms with Crippen LogP contribution in [0.5, 0.6) is 5.75 Å². The number of nitrogens with zero attached hydrogens (tertiary/aromatic N) is 2. The quantitative estimate of drug-likeness (QED) is 0.547. The second kappa shape index (κ2) is 9.88. The van der Waals surface area contributed by atoms with E-state index in [9.17, 15) is 4.79 Å². The molecule has 6 heteroatoms. The van der Waals surface area contributed by atoms with Crippen molar-refractivity contribution >= 4 is 29.2 Å². The van der Waals surface area contributed by atoms with Crippen molar-refractivity contribution < 1.29 is 14.3 Å². The van der Waals surface area contributed by atoms with Crippen molar-refractivity contribution in [2.75, 3.05) is 19.7 Å². The maximum absolute atomic E-state index is 12.5. The zero-order valence-electron chi connectivity index (χ0n) is 18.3. The molecule has 1 aromatic heterocycles. The zero-order chi connectivity index (χ0) is 21.2. The summed E-state index contributed by atoms with van der Waals surface area (Å²) >= 11 is 0. The summed E-state index contributed by atoms with van der Waals surface area (Å²) in [4.78, 5) is 19.0. The molecule has 0 bridgehead atoms. The summed E-state index contributed by atoms with van der Waals surface area (Å²) in [6, 6.07) is 16.7. The highest BCUT2D eigenvalue weighted by Gasteiger charge is 2.31. The lowest BCUT2D eigenvalue weighted by Gasteiger charge is -2.33. The molecule has 0 spiro atoms. The van der Waals surface area contributed by atoms with Crippen LogP contribution < -0.4 is 4.74 Å². The van der Waals surface area contributed by atoms with Gasteiger partial charge in [-0.05, 0) is 55.7 Å². The summed E-state index contributed by atoms with van der Waals surface area (Å²) < 4.78 is 11.7. The molecule has 0 aliphatic carbocycles. The molecule has 5 rings (SSSR count). The number of ether oxygens (including phenoxy) is 2. The Morgan fingerprint density at radius 2 is 1.81 bits per heavy atom. The predicted octanol–water partition coefficient (Wildman–Crippen LogP) is 5.18. The molecule has 1 amide bonds. The van der Waals surface area contributed by atoms with Crippen molar-refractivity contribution in [2.24, 2.45) is 0 Å². The number of hydrogen-bond acceptors (Lipinski definition) is 4. The highest BCUT2D eigenvalue weighted by molar-refractivity contribution is 5.85. The van der Waals surface area contributed by atoms with E-state index in [1.807, 2.05) is 23.2 Å². The topological polar surface area (TPSA) is 51.7 Å². The lowest BCUT2D eigenvalue weighted by Crippen LogP contribution is -2.45. The first kappa shape index (κ1) is 22.6. The minimum absolute atomic E-state index is 0. The lowest BCUT2D eigenvalue weighted by atomic mass is 10.0. The van der Waals surface area contributed by atoms with Gasteiger partial charge in [-0.3, -0.25) is 9.78 Å². The van der Waals surface area contributed by atoms with Crippen LogP contribution in [0.3, 0.4) is 0 Å². The number of carbonyl (C=O) groups is 1. The van der Waals surface area contributed by atoms with Gasteiger partial charge in [-0.15, -0.1) is 12.4 Å². The molecule has 2 fully saturated rings. The number of rotatable bonds is 4. The number of halogens is 1. The van der Waals surface area contributed by atoms with Crippen LogP contribution in [-0.2, 0) is 9.53 Å². The molecule has 0 radical (unpaired) electrons. The van der Waals surface area contributed by atoms with Crippen LogP contribution in [0.4, 0.5) is 0 Å². The van der Waals surface area contributed by atoms with Crippen molar-refractivity contribution in [1.29, 1.82) is 0 Å². The van der Waals surface area contributed by atoms with E-state index < -0.39 is 0 Å². The van der Waals surface area contributed by atoms with Gasteiger partial charge in [-0.2, -0.15) is 0 Å². The first-order valence-electron chi connectivity index (χ1n) is 11.2. The molecule has 168 valence electrons. The van der Waals surface area contributed by atoms with Gasteiger partial charge in [0.15, 0.2) is 0 Å². The van der Waals surface area contributed by atoms with Gasteiger partial charge >= 0.3 is 0 Å². The lowest BCUT2D eigenvalue weighted by molar-refractivity contribution is -0.142. The number of fused-ring (bicyclic) bond motifs is 1.